The van der Waals surface area contributed by atoms with Gasteiger partial charge in [0.15, 0.2) is 0 Å². The van der Waals surface area contributed by atoms with Crippen LogP contribution in [0.5, 0.6) is 0 Å². The predicted octanol–water partition coefficient (Wildman–Crippen LogP) is 7.42. The monoisotopic (exact) mass is 354 g/mol. The normalized spacial score (nSPS) is 18.2. The first kappa shape index (κ1) is 18.0. The SMILES string of the molecule is CC.CC1Cc2ccccc2-c2cc3c(cc2C1)C(C)(C)c1ccccc1-3. The lowest BCUT2D eigenvalue weighted by atomic mass is 9.80. The smallest absolute Gasteiger partial charge is 0.0158 e. The summed E-state index contributed by atoms with van der Waals surface area (Å²) in [6.07, 6.45) is 2.35. The maximum atomic E-state index is 2.52. The van der Waals surface area contributed by atoms with Crippen molar-refractivity contribution in [2.75, 3.05) is 0 Å². The molecule has 0 heteroatoms. The summed E-state index contributed by atoms with van der Waals surface area (Å²) in [6.45, 7) is 11.1. The Morgan fingerprint density at radius 3 is 2.07 bits per heavy atom. The molecule has 0 bridgehead atoms. The first-order chi connectivity index (χ1) is 13.1. The highest BCUT2D eigenvalue weighted by Crippen LogP contribution is 2.51. The largest absolute Gasteiger partial charge is 0.0683 e. The van der Waals surface area contributed by atoms with Crippen molar-refractivity contribution in [3.63, 3.8) is 0 Å². The zero-order valence-electron chi connectivity index (χ0n) is 17.3. The molecular weight excluding hydrogens is 324 g/mol. The van der Waals surface area contributed by atoms with E-state index < -0.39 is 0 Å². The fourth-order valence-electron chi connectivity index (χ4n) is 5.00. The Balaban J connectivity index is 0.000000872. The van der Waals surface area contributed by atoms with E-state index in [9.17, 15) is 0 Å². The van der Waals surface area contributed by atoms with Gasteiger partial charge in [0.1, 0.15) is 0 Å². The third-order valence-corrected chi connectivity index (χ3v) is 6.25. The van der Waals surface area contributed by atoms with Crippen LogP contribution in [0.15, 0.2) is 60.7 Å². The molecule has 0 fully saturated rings. The predicted molar refractivity (Wildman–Crippen MR) is 117 cm³/mol. The standard InChI is InChI=1S/C25H24.C2H6/c1-16-12-17-8-4-5-9-19(17)21-15-22-20-10-6-7-11-23(20)25(2,3)24(22)14-18(21)13-16;1-2/h4-11,14-16H,12-13H2,1-3H3;1-2H3. The molecule has 0 N–H and O–H groups in total. The molecule has 3 aromatic rings. The highest BCUT2D eigenvalue weighted by molar-refractivity contribution is 5.86. The molecule has 0 aliphatic heterocycles. The lowest BCUT2D eigenvalue weighted by Crippen LogP contribution is -2.15. The second kappa shape index (κ2) is 6.68. The molecule has 0 aromatic heterocycles. The van der Waals surface area contributed by atoms with Crippen molar-refractivity contribution < 1.29 is 0 Å². The van der Waals surface area contributed by atoms with Crippen LogP contribution in [0.3, 0.4) is 0 Å². The van der Waals surface area contributed by atoms with E-state index in [2.05, 4.69) is 81.4 Å². The van der Waals surface area contributed by atoms with E-state index in [0.717, 1.165) is 0 Å². The maximum Gasteiger partial charge on any atom is 0.0158 e. The first-order valence-corrected chi connectivity index (χ1v) is 10.4. The minimum Gasteiger partial charge on any atom is -0.0683 e. The van der Waals surface area contributed by atoms with E-state index in [-0.39, 0.29) is 5.41 Å². The Morgan fingerprint density at radius 2 is 1.30 bits per heavy atom. The lowest BCUT2D eigenvalue weighted by molar-refractivity contribution is 0.582. The molecule has 0 heterocycles. The summed E-state index contributed by atoms with van der Waals surface area (Å²) in [5.74, 6) is 0.687. The van der Waals surface area contributed by atoms with Gasteiger partial charge in [-0.05, 0) is 69.3 Å². The van der Waals surface area contributed by atoms with Crippen molar-refractivity contribution in [2.45, 2.75) is 52.9 Å². The summed E-state index contributed by atoms with van der Waals surface area (Å²) in [4.78, 5) is 0. The van der Waals surface area contributed by atoms with Gasteiger partial charge in [0.05, 0.1) is 0 Å². The van der Waals surface area contributed by atoms with Crippen LogP contribution in [-0.2, 0) is 18.3 Å². The van der Waals surface area contributed by atoms with Crippen LogP contribution >= 0.6 is 0 Å². The Bertz CT molecular complexity index is 991. The topological polar surface area (TPSA) is 0 Å². The summed E-state index contributed by atoms with van der Waals surface area (Å²) < 4.78 is 0. The van der Waals surface area contributed by atoms with Crippen LogP contribution in [0.1, 0.15) is 56.9 Å². The Hall–Kier alpha value is -2.34. The second-order valence-electron chi connectivity index (χ2n) is 8.40. The Kier molecular flexibility index (Phi) is 4.46. The zero-order chi connectivity index (χ0) is 19.2. The molecule has 0 saturated heterocycles. The van der Waals surface area contributed by atoms with Gasteiger partial charge in [0, 0.05) is 5.41 Å². The van der Waals surface area contributed by atoms with Crippen molar-refractivity contribution in [2.24, 2.45) is 5.92 Å². The van der Waals surface area contributed by atoms with Gasteiger partial charge in [0.2, 0.25) is 0 Å². The van der Waals surface area contributed by atoms with Gasteiger partial charge >= 0.3 is 0 Å². The van der Waals surface area contributed by atoms with Crippen LogP contribution in [0.4, 0.5) is 0 Å². The molecule has 2 aliphatic carbocycles. The van der Waals surface area contributed by atoms with E-state index in [1.54, 1.807) is 0 Å². The summed E-state index contributed by atoms with van der Waals surface area (Å²) in [5, 5.41) is 0. The summed E-state index contributed by atoms with van der Waals surface area (Å²) in [6, 6.07) is 22.9. The third-order valence-electron chi connectivity index (χ3n) is 6.25. The maximum absolute atomic E-state index is 2.52. The molecule has 3 aromatic carbocycles. The minimum absolute atomic E-state index is 0.0933. The zero-order valence-corrected chi connectivity index (χ0v) is 17.3. The molecule has 138 valence electrons. The number of rotatable bonds is 0. The van der Waals surface area contributed by atoms with Crippen LogP contribution in [0.25, 0.3) is 22.3 Å². The highest BCUT2D eigenvalue weighted by atomic mass is 14.4. The Morgan fingerprint density at radius 1 is 0.667 bits per heavy atom. The van der Waals surface area contributed by atoms with Gasteiger partial charge in [-0.15, -0.1) is 0 Å². The lowest BCUT2D eigenvalue weighted by Gasteiger charge is -2.23. The fourth-order valence-corrected chi connectivity index (χ4v) is 5.00. The number of fused-ring (bicyclic) bond motifs is 6. The van der Waals surface area contributed by atoms with E-state index >= 15 is 0 Å². The van der Waals surface area contributed by atoms with Crippen LogP contribution in [0.2, 0.25) is 0 Å². The van der Waals surface area contributed by atoms with Crippen molar-refractivity contribution in [1.29, 1.82) is 0 Å². The molecule has 27 heavy (non-hydrogen) atoms. The van der Waals surface area contributed by atoms with Crippen LogP contribution in [-0.4, -0.2) is 0 Å². The van der Waals surface area contributed by atoms with E-state index in [4.69, 9.17) is 0 Å². The molecule has 0 saturated carbocycles. The molecule has 1 atom stereocenters. The van der Waals surface area contributed by atoms with Gasteiger partial charge < -0.3 is 0 Å². The number of benzene rings is 3. The average Bonchev–Trinajstić information content (AvgIpc) is 2.81. The number of hydrogen-bond acceptors (Lipinski definition) is 0. The Labute approximate surface area is 164 Å². The van der Waals surface area contributed by atoms with Crippen molar-refractivity contribution >= 4 is 0 Å². The van der Waals surface area contributed by atoms with Crippen molar-refractivity contribution in [3.05, 3.63) is 82.9 Å². The molecule has 0 spiro atoms. The van der Waals surface area contributed by atoms with Crippen LogP contribution in [0, 0.1) is 5.92 Å². The molecule has 1 unspecified atom stereocenters. The minimum atomic E-state index is 0.0933. The molecule has 5 rings (SSSR count). The van der Waals surface area contributed by atoms with Crippen molar-refractivity contribution in [1.82, 2.24) is 0 Å². The van der Waals surface area contributed by atoms with Gasteiger partial charge in [-0.1, -0.05) is 89.2 Å². The van der Waals surface area contributed by atoms with E-state index in [1.165, 1.54) is 57.3 Å². The molecule has 0 nitrogen and oxygen atoms in total. The van der Waals surface area contributed by atoms with E-state index in [0.29, 0.717) is 5.92 Å². The number of hydrogen-bond donors (Lipinski definition) is 0. The molecule has 0 radical (unpaired) electrons. The quantitative estimate of drug-likeness (QED) is 0.394. The summed E-state index contributed by atoms with van der Waals surface area (Å²) in [5.41, 5.74) is 11.8. The summed E-state index contributed by atoms with van der Waals surface area (Å²) >= 11 is 0. The van der Waals surface area contributed by atoms with E-state index in [1.807, 2.05) is 13.8 Å². The van der Waals surface area contributed by atoms with Crippen molar-refractivity contribution in [3.8, 4) is 22.3 Å². The fraction of sp³-hybridized carbons (Fsp3) is 0.333. The molecule has 0 amide bonds. The van der Waals surface area contributed by atoms with Gasteiger partial charge in [-0.25, -0.2) is 0 Å². The second-order valence-corrected chi connectivity index (χ2v) is 8.40. The molecular formula is C27H30. The van der Waals surface area contributed by atoms with Crippen LogP contribution < -0.4 is 0 Å². The van der Waals surface area contributed by atoms with Gasteiger partial charge in [-0.2, -0.15) is 0 Å². The van der Waals surface area contributed by atoms with Gasteiger partial charge in [-0.3, -0.25) is 0 Å². The third kappa shape index (κ3) is 2.74. The average molecular weight is 355 g/mol. The molecule has 2 aliphatic rings. The highest BCUT2D eigenvalue weighted by Gasteiger charge is 2.36. The van der Waals surface area contributed by atoms with Gasteiger partial charge in [0.25, 0.3) is 0 Å². The first-order valence-electron chi connectivity index (χ1n) is 10.4. The summed E-state index contributed by atoms with van der Waals surface area (Å²) in [7, 11) is 0.